The monoisotopic (exact) mass is 422 g/mol. The summed E-state index contributed by atoms with van der Waals surface area (Å²) in [4.78, 5) is 14.3. The molecule has 0 atom stereocenters. The van der Waals surface area contributed by atoms with Gasteiger partial charge in [-0.2, -0.15) is 0 Å². The number of sulfonamides is 1. The maximum atomic E-state index is 13.9. The average Bonchev–Trinajstić information content (AvgIpc) is 2.69. The Morgan fingerprint density at radius 2 is 1.83 bits per heavy atom. The first-order valence-corrected chi connectivity index (χ1v) is 10.7. The fourth-order valence-corrected chi connectivity index (χ4v) is 4.61. The summed E-state index contributed by atoms with van der Waals surface area (Å²) in [6, 6.07) is 10.4. The molecule has 156 valence electrons. The molecule has 0 saturated carbocycles. The number of para-hydroxylation sites is 1. The summed E-state index contributed by atoms with van der Waals surface area (Å²) >= 11 is 0. The van der Waals surface area contributed by atoms with E-state index in [1.54, 1.807) is 25.1 Å². The van der Waals surface area contributed by atoms with Gasteiger partial charge in [0, 0.05) is 51.4 Å². The van der Waals surface area contributed by atoms with Crippen LogP contribution in [0.3, 0.4) is 0 Å². The van der Waals surface area contributed by atoms with Crippen molar-refractivity contribution in [3.8, 4) is 0 Å². The largest absolute Gasteiger partial charge is 0.367 e. The number of hydrogen-bond acceptors (Lipinski definition) is 6. The number of rotatable bonds is 7. The van der Waals surface area contributed by atoms with Crippen LogP contribution in [0.5, 0.6) is 0 Å². The van der Waals surface area contributed by atoms with Crippen LogP contribution in [0.4, 0.5) is 15.8 Å². The summed E-state index contributed by atoms with van der Waals surface area (Å²) in [6.45, 7) is 4.95. The lowest BCUT2D eigenvalue weighted by atomic mass is 10.2. The van der Waals surface area contributed by atoms with Crippen molar-refractivity contribution < 1.29 is 17.7 Å². The van der Waals surface area contributed by atoms with Crippen molar-refractivity contribution in [2.45, 2.75) is 11.8 Å². The number of nitrogens with one attached hydrogen (secondary N) is 1. The highest BCUT2D eigenvalue weighted by molar-refractivity contribution is 7.89. The van der Waals surface area contributed by atoms with Crippen LogP contribution in [-0.4, -0.2) is 57.5 Å². The second-order valence-corrected chi connectivity index (χ2v) is 8.62. The summed E-state index contributed by atoms with van der Waals surface area (Å²) in [5.74, 6) is -0.249. The molecule has 0 aromatic heterocycles. The number of benzene rings is 2. The molecule has 1 aliphatic rings. The van der Waals surface area contributed by atoms with E-state index in [-0.39, 0.29) is 22.9 Å². The number of anilines is 1. The van der Waals surface area contributed by atoms with Crippen LogP contribution in [0.2, 0.25) is 0 Å². The lowest BCUT2D eigenvalue weighted by molar-refractivity contribution is -0.385. The van der Waals surface area contributed by atoms with E-state index in [0.29, 0.717) is 44.0 Å². The highest BCUT2D eigenvalue weighted by Gasteiger charge is 2.22. The third-order valence-electron chi connectivity index (χ3n) is 4.96. The number of nitrogens with zero attached hydrogens (tertiary/aromatic N) is 3. The molecule has 0 radical (unpaired) electrons. The standard InChI is InChI=1S/C19H23FN4O4S/c1-15-6-7-16(24(25)26)14-19(15)29(27,28)21-8-9-22-10-12-23(13-11-22)18-5-3-2-4-17(18)20/h2-7,14,21H,8-13H2,1H3. The predicted octanol–water partition coefficient (Wildman–Crippen LogP) is 2.14. The molecule has 10 heteroatoms. The molecule has 0 aliphatic carbocycles. The van der Waals surface area contributed by atoms with E-state index >= 15 is 0 Å². The maximum Gasteiger partial charge on any atom is 0.270 e. The molecule has 0 amide bonds. The minimum atomic E-state index is -3.85. The van der Waals surface area contributed by atoms with Crippen LogP contribution < -0.4 is 9.62 Å². The summed E-state index contributed by atoms with van der Waals surface area (Å²) in [7, 11) is -3.85. The Hall–Kier alpha value is -2.56. The molecule has 2 aromatic carbocycles. The van der Waals surface area contributed by atoms with Crippen molar-refractivity contribution in [2.75, 3.05) is 44.2 Å². The number of non-ortho nitro benzene ring substituents is 1. The van der Waals surface area contributed by atoms with Crippen molar-refractivity contribution in [2.24, 2.45) is 0 Å². The molecule has 1 aliphatic heterocycles. The van der Waals surface area contributed by atoms with Crippen LogP contribution in [0.15, 0.2) is 47.4 Å². The van der Waals surface area contributed by atoms with E-state index in [1.807, 2.05) is 4.90 Å². The van der Waals surface area contributed by atoms with E-state index in [9.17, 15) is 22.9 Å². The van der Waals surface area contributed by atoms with Gasteiger partial charge in [-0.15, -0.1) is 0 Å². The second kappa shape index (κ2) is 8.85. The molecular weight excluding hydrogens is 399 g/mol. The molecule has 2 aromatic rings. The number of aryl methyl sites for hydroxylation is 1. The average molecular weight is 422 g/mol. The third-order valence-corrected chi connectivity index (χ3v) is 6.56. The van der Waals surface area contributed by atoms with E-state index < -0.39 is 14.9 Å². The number of piperazine rings is 1. The maximum absolute atomic E-state index is 13.9. The molecule has 1 heterocycles. The number of halogens is 1. The summed E-state index contributed by atoms with van der Waals surface area (Å²) < 4.78 is 41.5. The van der Waals surface area contributed by atoms with Gasteiger partial charge in [0.2, 0.25) is 10.0 Å². The van der Waals surface area contributed by atoms with Gasteiger partial charge in [0.25, 0.3) is 5.69 Å². The topological polar surface area (TPSA) is 95.8 Å². The Bertz CT molecular complexity index is 991. The van der Waals surface area contributed by atoms with E-state index in [4.69, 9.17) is 0 Å². The zero-order valence-corrected chi connectivity index (χ0v) is 16.9. The molecule has 8 nitrogen and oxygen atoms in total. The molecule has 0 unspecified atom stereocenters. The van der Waals surface area contributed by atoms with Crippen molar-refractivity contribution in [1.29, 1.82) is 0 Å². The highest BCUT2D eigenvalue weighted by atomic mass is 32.2. The molecule has 1 fully saturated rings. The van der Waals surface area contributed by atoms with E-state index in [0.717, 1.165) is 6.07 Å². The molecule has 3 rings (SSSR count). The van der Waals surface area contributed by atoms with Crippen LogP contribution in [0, 0.1) is 22.9 Å². The van der Waals surface area contributed by atoms with Gasteiger partial charge in [0.05, 0.1) is 15.5 Å². The minimum Gasteiger partial charge on any atom is -0.367 e. The Kier molecular flexibility index (Phi) is 6.46. The smallest absolute Gasteiger partial charge is 0.270 e. The van der Waals surface area contributed by atoms with Gasteiger partial charge in [0.15, 0.2) is 0 Å². The first-order valence-electron chi connectivity index (χ1n) is 9.24. The molecule has 0 bridgehead atoms. The van der Waals surface area contributed by atoms with E-state index in [1.165, 1.54) is 18.2 Å². The molecule has 1 saturated heterocycles. The van der Waals surface area contributed by atoms with Gasteiger partial charge in [-0.3, -0.25) is 15.0 Å². The quantitative estimate of drug-likeness (QED) is 0.543. The first-order chi connectivity index (χ1) is 13.8. The highest BCUT2D eigenvalue weighted by Crippen LogP contribution is 2.22. The molecule has 29 heavy (non-hydrogen) atoms. The van der Waals surface area contributed by atoms with Gasteiger partial charge in [-0.25, -0.2) is 17.5 Å². The van der Waals surface area contributed by atoms with Gasteiger partial charge in [0.1, 0.15) is 5.82 Å². The van der Waals surface area contributed by atoms with E-state index in [2.05, 4.69) is 9.62 Å². The predicted molar refractivity (Wildman–Crippen MR) is 108 cm³/mol. The summed E-state index contributed by atoms with van der Waals surface area (Å²) in [6.07, 6.45) is 0. The summed E-state index contributed by atoms with van der Waals surface area (Å²) in [5.41, 5.74) is 0.760. The molecule has 1 N–H and O–H groups in total. The Labute approximate surface area is 169 Å². The number of nitro benzene ring substituents is 1. The lowest BCUT2D eigenvalue weighted by Gasteiger charge is -2.36. The SMILES string of the molecule is Cc1ccc([N+](=O)[O-])cc1S(=O)(=O)NCCN1CCN(c2ccccc2F)CC1. The Balaban J connectivity index is 1.54. The fraction of sp³-hybridized carbons (Fsp3) is 0.368. The van der Waals surface area contributed by atoms with Crippen molar-refractivity contribution >= 4 is 21.4 Å². The zero-order valence-electron chi connectivity index (χ0n) is 16.0. The van der Waals surface area contributed by atoms with Crippen molar-refractivity contribution in [3.63, 3.8) is 0 Å². The normalized spacial score (nSPS) is 15.4. The third kappa shape index (κ3) is 5.08. The Morgan fingerprint density at radius 3 is 2.48 bits per heavy atom. The summed E-state index contributed by atoms with van der Waals surface area (Å²) in [5, 5.41) is 10.9. The van der Waals surface area contributed by atoms with Gasteiger partial charge in [-0.1, -0.05) is 18.2 Å². The first kappa shape index (κ1) is 21.2. The van der Waals surface area contributed by atoms with Crippen molar-refractivity contribution in [3.05, 3.63) is 64.0 Å². The van der Waals surface area contributed by atoms with Crippen LogP contribution >= 0.6 is 0 Å². The fourth-order valence-electron chi connectivity index (χ4n) is 3.33. The van der Waals surface area contributed by atoms with Gasteiger partial charge in [-0.05, 0) is 24.6 Å². The van der Waals surface area contributed by atoms with Crippen LogP contribution in [-0.2, 0) is 10.0 Å². The van der Waals surface area contributed by atoms with Gasteiger partial charge >= 0.3 is 0 Å². The number of hydrogen-bond donors (Lipinski definition) is 1. The van der Waals surface area contributed by atoms with Crippen molar-refractivity contribution in [1.82, 2.24) is 9.62 Å². The van der Waals surface area contributed by atoms with Crippen LogP contribution in [0.25, 0.3) is 0 Å². The molecule has 0 spiro atoms. The zero-order chi connectivity index (χ0) is 21.0. The Morgan fingerprint density at radius 1 is 1.14 bits per heavy atom. The lowest BCUT2D eigenvalue weighted by Crippen LogP contribution is -2.48. The van der Waals surface area contributed by atoms with Crippen LogP contribution in [0.1, 0.15) is 5.56 Å². The van der Waals surface area contributed by atoms with Gasteiger partial charge < -0.3 is 4.90 Å². The minimum absolute atomic E-state index is 0.0870. The second-order valence-electron chi connectivity index (χ2n) is 6.88. The molecular formula is C19H23FN4O4S. The number of nitro groups is 1.